The lowest BCUT2D eigenvalue weighted by atomic mass is 10.1. The first-order valence-electron chi connectivity index (χ1n) is 7.33. The smallest absolute Gasteiger partial charge is 0.291 e. The van der Waals surface area contributed by atoms with Crippen molar-refractivity contribution in [2.75, 3.05) is 5.32 Å². The van der Waals surface area contributed by atoms with Gasteiger partial charge >= 0.3 is 0 Å². The minimum atomic E-state index is -3.87. The van der Waals surface area contributed by atoms with E-state index < -0.39 is 27.4 Å². The maximum absolute atomic E-state index is 12.2. The fourth-order valence-electron chi connectivity index (χ4n) is 1.95. The lowest BCUT2D eigenvalue weighted by Gasteiger charge is -2.18. The second-order valence-corrected chi connectivity index (χ2v) is 7.98. The van der Waals surface area contributed by atoms with Gasteiger partial charge in [-0.15, -0.1) is 0 Å². The van der Waals surface area contributed by atoms with Gasteiger partial charge in [0.2, 0.25) is 11.0 Å². The maximum atomic E-state index is 12.2. The van der Waals surface area contributed by atoms with E-state index in [1.807, 2.05) is 0 Å². The van der Waals surface area contributed by atoms with E-state index in [9.17, 15) is 18.0 Å². The molecule has 0 unspecified atom stereocenters. The van der Waals surface area contributed by atoms with Crippen molar-refractivity contribution in [2.45, 2.75) is 31.4 Å². The molecule has 0 radical (unpaired) electrons. The van der Waals surface area contributed by atoms with Crippen molar-refractivity contribution in [3.8, 4) is 0 Å². The summed E-state index contributed by atoms with van der Waals surface area (Å²) in [6, 6.07) is 8.40. The highest BCUT2D eigenvalue weighted by atomic mass is 32.2. The standard InChI is InChI=1S/C16H19N3O5S/c1-16(2,3)19-25(22,23)13-9-8-12(24-13)15(21)18-11-6-4-10(5-7-11)14(17)20/h4-9,19H,1-3H3,(H2,17,20)(H,18,21). The summed E-state index contributed by atoms with van der Waals surface area (Å²) in [5.74, 6) is -1.36. The number of hydrogen-bond acceptors (Lipinski definition) is 5. The maximum Gasteiger partial charge on any atom is 0.291 e. The average molecular weight is 365 g/mol. The number of carbonyl (C=O) groups is 2. The van der Waals surface area contributed by atoms with E-state index in [1.54, 1.807) is 20.8 Å². The van der Waals surface area contributed by atoms with Crippen LogP contribution in [0.4, 0.5) is 5.69 Å². The molecule has 0 saturated carbocycles. The van der Waals surface area contributed by atoms with Crippen LogP contribution in [0.25, 0.3) is 0 Å². The molecule has 25 heavy (non-hydrogen) atoms. The summed E-state index contributed by atoms with van der Waals surface area (Å²) < 4.78 is 31.9. The Labute approximate surface area is 145 Å². The van der Waals surface area contributed by atoms with Gasteiger partial charge in [0.25, 0.3) is 15.9 Å². The number of nitrogens with two attached hydrogens (primary N) is 1. The summed E-state index contributed by atoms with van der Waals surface area (Å²) in [7, 11) is -3.87. The van der Waals surface area contributed by atoms with Crippen LogP contribution in [0.15, 0.2) is 45.9 Å². The van der Waals surface area contributed by atoms with Gasteiger partial charge in [0, 0.05) is 16.8 Å². The Bertz CT molecular complexity index is 893. The van der Waals surface area contributed by atoms with Crippen LogP contribution < -0.4 is 15.8 Å². The highest BCUT2D eigenvalue weighted by Gasteiger charge is 2.26. The van der Waals surface area contributed by atoms with E-state index >= 15 is 0 Å². The van der Waals surface area contributed by atoms with E-state index in [1.165, 1.54) is 36.4 Å². The van der Waals surface area contributed by atoms with Crippen LogP contribution in [0.2, 0.25) is 0 Å². The molecule has 0 fully saturated rings. The molecule has 8 nitrogen and oxygen atoms in total. The summed E-state index contributed by atoms with van der Waals surface area (Å²) in [6.45, 7) is 5.07. The van der Waals surface area contributed by atoms with Gasteiger partial charge in [0.1, 0.15) is 0 Å². The second-order valence-electron chi connectivity index (χ2n) is 6.37. The molecule has 9 heteroatoms. The molecule has 1 aromatic carbocycles. The van der Waals surface area contributed by atoms with Crippen LogP contribution >= 0.6 is 0 Å². The largest absolute Gasteiger partial charge is 0.438 e. The van der Waals surface area contributed by atoms with Gasteiger partial charge in [-0.1, -0.05) is 0 Å². The Morgan fingerprint density at radius 1 is 1.04 bits per heavy atom. The lowest BCUT2D eigenvalue weighted by molar-refractivity contribution is 0.0988. The Hall–Kier alpha value is -2.65. The van der Waals surface area contributed by atoms with Gasteiger partial charge in [-0.3, -0.25) is 9.59 Å². The Balaban J connectivity index is 2.14. The fraction of sp³-hybridized carbons (Fsp3) is 0.250. The molecule has 1 aromatic heterocycles. The van der Waals surface area contributed by atoms with Gasteiger partial charge in [0.05, 0.1) is 0 Å². The molecule has 0 spiro atoms. The third kappa shape index (κ3) is 4.91. The monoisotopic (exact) mass is 365 g/mol. The SMILES string of the molecule is CC(C)(C)NS(=O)(=O)c1ccc(C(=O)Nc2ccc(C(N)=O)cc2)o1. The minimum absolute atomic E-state index is 0.159. The lowest BCUT2D eigenvalue weighted by Crippen LogP contribution is -2.40. The highest BCUT2D eigenvalue weighted by Crippen LogP contribution is 2.18. The number of amides is 2. The zero-order valence-electron chi connectivity index (χ0n) is 14.0. The van der Waals surface area contributed by atoms with Gasteiger partial charge in [-0.05, 0) is 57.2 Å². The molecule has 2 aromatic rings. The first kappa shape index (κ1) is 18.7. The molecule has 2 rings (SSSR count). The summed E-state index contributed by atoms with van der Waals surface area (Å²) in [5, 5.41) is 2.19. The molecule has 0 saturated heterocycles. The summed E-state index contributed by atoms with van der Waals surface area (Å²) in [5.41, 5.74) is 5.16. The second kappa shape index (κ2) is 6.69. The molecule has 2 amide bonds. The highest BCUT2D eigenvalue weighted by molar-refractivity contribution is 7.89. The van der Waals surface area contributed by atoms with Crippen molar-refractivity contribution in [1.29, 1.82) is 0 Å². The van der Waals surface area contributed by atoms with Crippen LogP contribution in [0.5, 0.6) is 0 Å². The van der Waals surface area contributed by atoms with E-state index in [4.69, 9.17) is 10.2 Å². The van der Waals surface area contributed by atoms with Crippen molar-refractivity contribution >= 4 is 27.5 Å². The summed E-state index contributed by atoms with van der Waals surface area (Å²) in [4.78, 5) is 23.2. The Morgan fingerprint density at radius 3 is 2.16 bits per heavy atom. The number of sulfonamides is 1. The average Bonchev–Trinajstić information content (AvgIpc) is 2.96. The predicted molar refractivity (Wildman–Crippen MR) is 91.7 cm³/mol. The van der Waals surface area contributed by atoms with Gasteiger partial charge in [-0.2, -0.15) is 0 Å². The molecule has 0 atom stereocenters. The number of rotatable bonds is 5. The number of furan rings is 1. The minimum Gasteiger partial charge on any atom is -0.438 e. The first-order chi connectivity index (χ1) is 11.5. The molecular weight excluding hydrogens is 346 g/mol. The van der Waals surface area contributed by atoms with Gasteiger partial charge in [-0.25, -0.2) is 13.1 Å². The van der Waals surface area contributed by atoms with Crippen LogP contribution in [0, 0.1) is 0 Å². The van der Waals surface area contributed by atoms with E-state index in [0.717, 1.165) is 0 Å². The Kier molecular flexibility index (Phi) is 5.00. The molecule has 0 aliphatic carbocycles. The normalized spacial score (nSPS) is 12.0. The van der Waals surface area contributed by atoms with Gasteiger partial charge < -0.3 is 15.5 Å². The Morgan fingerprint density at radius 2 is 1.64 bits per heavy atom. The van der Waals surface area contributed by atoms with Crippen molar-refractivity contribution < 1.29 is 22.4 Å². The van der Waals surface area contributed by atoms with E-state index in [-0.39, 0.29) is 10.9 Å². The number of anilines is 1. The third-order valence-corrected chi connectivity index (χ3v) is 4.57. The summed E-state index contributed by atoms with van der Waals surface area (Å²) in [6.07, 6.45) is 0. The van der Waals surface area contributed by atoms with Gasteiger partial charge in [0.15, 0.2) is 5.76 Å². The van der Waals surface area contributed by atoms with Crippen LogP contribution in [-0.2, 0) is 10.0 Å². The zero-order chi connectivity index (χ0) is 18.8. The number of carbonyl (C=O) groups excluding carboxylic acids is 2. The molecule has 0 aliphatic rings. The molecular formula is C16H19N3O5S. The number of nitrogens with one attached hydrogen (secondary N) is 2. The van der Waals surface area contributed by atoms with Crippen molar-refractivity contribution in [1.82, 2.24) is 4.72 Å². The molecule has 4 N–H and O–H groups in total. The summed E-state index contributed by atoms with van der Waals surface area (Å²) >= 11 is 0. The molecule has 1 heterocycles. The van der Waals surface area contributed by atoms with Crippen LogP contribution in [-0.4, -0.2) is 25.8 Å². The molecule has 0 aliphatic heterocycles. The quantitative estimate of drug-likeness (QED) is 0.742. The van der Waals surface area contributed by atoms with E-state index in [0.29, 0.717) is 11.3 Å². The predicted octanol–water partition coefficient (Wildman–Crippen LogP) is 1.71. The third-order valence-electron chi connectivity index (χ3n) is 2.94. The first-order valence-corrected chi connectivity index (χ1v) is 8.81. The molecule has 0 bridgehead atoms. The fourth-order valence-corrected chi connectivity index (χ4v) is 3.30. The number of benzene rings is 1. The van der Waals surface area contributed by atoms with Crippen LogP contribution in [0.1, 0.15) is 41.7 Å². The molecule has 134 valence electrons. The van der Waals surface area contributed by atoms with Crippen molar-refractivity contribution in [3.63, 3.8) is 0 Å². The van der Waals surface area contributed by atoms with Crippen molar-refractivity contribution in [3.05, 3.63) is 47.7 Å². The van der Waals surface area contributed by atoms with Crippen LogP contribution in [0.3, 0.4) is 0 Å². The zero-order valence-corrected chi connectivity index (χ0v) is 14.8. The number of primary amides is 1. The van der Waals surface area contributed by atoms with Crippen molar-refractivity contribution in [2.24, 2.45) is 5.73 Å². The van der Waals surface area contributed by atoms with E-state index in [2.05, 4.69) is 10.0 Å². The topological polar surface area (TPSA) is 132 Å². The number of hydrogen-bond donors (Lipinski definition) is 3.